The molecule has 0 aliphatic heterocycles. The molecular weight excluding hydrogens is 287 g/mol. The van der Waals surface area contributed by atoms with Gasteiger partial charge in [-0.2, -0.15) is 13.2 Å². The maximum Gasteiger partial charge on any atom is 0.418 e. The van der Waals surface area contributed by atoms with E-state index in [1.807, 2.05) is 0 Å². The first-order valence-corrected chi connectivity index (χ1v) is 6.25. The third-order valence-electron chi connectivity index (χ3n) is 2.46. The van der Waals surface area contributed by atoms with Crippen molar-refractivity contribution in [2.45, 2.75) is 38.6 Å². The van der Waals surface area contributed by atoms with Crippen LogP contribution in [-0.2, 0) is 10.9 Å². The van der Waals surface area contributed by atoms with E-state index in [0.29, 0.717) is 6.20 Å². The number of nitrogens with zero attached hydrogens (tertiary/aromatic N) is 1. The number of rotatable bonds is 3. The van der Waals surface area contributed by atoms with Crippen molar-refractivity contribution in [3.63, 3.8) is 0 Å². The maximum absolute atomic E-state index is 12.9. The molecule has 1 amide bonds. The normalized spacial score (nSPS) is 13.7. The number of hydrogen-bond acceptors (Lipinski definition) is 4. The second kappa shape index (κ2) is 6.30. The summed E-state index contributed by atoms with van der Waals surface area (Å²) in [5.41, 5.74) is 3.63. The van der Waals surface area contributed by atoms with Gasteiger partial charge in [-0.15, -0.1) is 0 Å². The van der Waals surface area contributed by atoms with Crippen LogP contribution in [0.1, 0.15) is 37.9 Å². The number of pyridine rings is 1. The van der Waals surface area contributed by atoms with Crippen molar-refractivity contribution in [3.8, 4) is 0 Å². The predicted molar refractivity (Wildman–Crippen MR) is 70.4 cm³/mol. The van der Waals surface area contributed by atoms with Gasteiger partial charge in [-0.1, -0.05) is 0 Å². The van der Waals surface area contributed by atoms with Crippen molar-refractivity contribution in [2.75, 3.05) is 6.54 Å². The number of ether oxygens (including phenoxy) is 1. The summed E-state index contributed by atoms with van der Waals surface area (Å²) in [6, 6.07) is 0.164. The number of carbonyl (C=O) groups excluding carboxylic acids is 1. The van der Waals surface area contributed by atoms with Crippen LogP contribution in [0.4, 0.5) is 18.0 Å². The quantitative estimate of drug-likeness (QED) is 0.900. The third kappa shape index (κ3) is 5.22. The first kappa shape index (κ1) is 17.2. The van der Waals surface area contributed by atoms with Gasteiger partial charge in [0.25, 0.3) is 0 Å². The van der Waals surface area contributed by atoms with E-state index >= 15 is 0 Å². The largest absolute Gasteiger partial charge is 0.444 e. The van der Waals surface area contributed by atoms with Gasteiger partial charge in [-0.25, -0.2) is 4.79 Å². The lowest BCUT2D eigenvalue weighted by Gasteiger charge is -2.24. The van der Waals surface area contributed by atoms with Crippen molar-refractivity contribution < 1.29 is 22.7 Å². The highest BCUT2D eigenvalue weighted by Crippen LogP contribution is 2.33. The highest BCUT2D eigenvalue weighted by molar-refractivity contribution is 5.68. The van der Waals surface area contributed by atoms with E-state index < -0.39 is 29.5 Å². The minimum atomic E-state index is -4.58. The highest BCUT2D eigenvalue weighted by Gasteiger charge is 2.36. The summed E-state index contributed by atoms with van der Waals surface area (Å²) in [5, 5.41) is 2.34. The topological polar surface area (TPSA) is 77.2 Å². The van der Waals surface area contributed by atoms with Crippen LogP contribution in [0.5, 0.6) is 0 Å². The molecule has 8 heteroatoms. The summed E-state index contributed by atoms with van der Waals surface area (Å²) in [7, 11) is 0. The zero-order valence-corrected chi connectivity index (χ0v) is 12.0. The van der Waals surface area contributed by atoms with Gasteiger partial charge < -0.3 is 15.8 Å². The lowest BCUT2D eigenvalue weighted by molar-refractivity contribution is -0.138. The molecule has 0 saturated heterocycles. The molecule has 1 heterocycles. The van der Waals surface area contributed by atoms with Crippen molar-refractivity contribution in [3.05, 3.63) is 29.6 Å². The van der Waals surface area contributed by atoms with Gasteiger partial charge in [0.05, 0.1) is 11.6 Å². The van der Waals surface area contributed by atoms with E-state index in [0.717, 1.165) is 0 Å². The number of amides is 1. The summed E-state index contributed by atoms with van der Waals surface area (Å²) < 4.78 is 43.8. The lowest BCUT2D eigenvalue weighted by atomic mass is 10.0. The van der Waals surface area contributed by atoms with E-state index in [-0.39, 0.29) is 12.1 Å². The lowest BCUT2D eigenvalue weighted by Crippen LogP contribution is -2.38. The van der Waals surface area contributed by atoms with E-state index in [4.69, 9.17) is 10.5 Å². The molecule has 3 N–H and O–H groups in total. The molecule has 21 heavy (non-hydrogen) atoms. The summed E-state index contributed by atoms with van der Waals surface area (Å²) in [6.45, 7) is 4.75. The Morgan fingerprint density at radius 3 is 2.52 bits per heavy atom. The molecular formula is C13H18F3N3O2. The molecule has 0 radical (unpaired) electrons. The second-order valence-electron chi connectivity index (χ2n) is 5.40. The fraction of sp³-hybridized carbons (Fsp3) is 0.538. The van der Waals surface area contributed by atoms with E-state index in [9.17, 15) is 18.0 Å². The average Bonchev–Trinajstić information content (AvgIpc) is 2.32. The molecule has 118 valence electrons. The molecule has 5 nitrogen and oxygen atoms in total. The van der Waals surface area contributed by atoms with Crippen LogP contribution in [0.3, 0.4) is 0 Å². The van der Waals surface area contributed by atoms with Gasteiger partial charge >= 0.3 is 12.3 Å². The van der Waals surface area contributed by atoms with E-state index in [1.165, 1.54) is 12.3 Å². The van der Waals surface area contributed by atoms with Crippen LogP contribution in [0.15, 0.2) is 18.5 Å². The van der Waals surface area contributed by atoms with Gasteiger partial charge in [0.2, 0.25) is 0 Å². The number of alkyl halides is 3. The standard InChI is InChI=1S/C13H18F3N3O2/c1-12(2,3)21-11(20)19-10(6-17)8-4-5-18-7-9(8)13(14,15)16/h4-5,7,10H,6,17H2,1-3H3,(H,19,20). The number of halogens is 3. The fourth-order valence-electron chi connectivity index (χ4n) is 1.66. The molecule has 1 rings (SSSR count). The molecule has 0 saturated carbocycles. The Labute approximate surface area is 120 Å². The predicted octanol–water partition coefficient (Wildman–Crippen LogP) is 2.62. The second-order valence-corrected chi connectivity index (χ2v) is 5.40. The van der Waals surface area contributed by atoms with E-state index in [1.54, 1.807) is 20.8 Å². The Morgan fingerprint density at radius 1 is 1.43 bits per heavy atom. The molecule has 1 aromatic heterocycles. The molecule has 0 aliphatic carbocycles. The van der Waals surface area contributed by atoms with E-state index in [2.05, 4.69) is 10.3 Å². The smallest absolute Gasteiger partial charge is 0.418 e. The van der Waals surface area contributed by atoms with Gasteiger partial charge in [0.15, 0.2) is 0 Å². The van der Waals surface area contributed by atoms with Crippen LogP contribution in [0, 0.1) is 0 Å². The van der Waals surface area contributed by atoms with Crippen molar-refractivity contribution in [1.29, 1.82) is 0 Å². The average molecular weight is 305 g/mol. The molecule has 0 fully saturated rings. The van der Waals surface area contributed by atoms with Crippen LogP contribution in [0.2, 0.25) is 0 Å². The summed E-state index contributed by atoms with van der Waals surface area (Å²) in [5.74, 6) is 0. The third-order valence-corrected chi connectivity index (χ3v) is 2.46. The van der Waals surface area contributed by atoms with Crippen LogP contribution in [0.25, 0.3) is 0 Å². The zero-order valence-electron chi connectivity index (χ0n) is 12.0. The Morgan fingerprint density at radius 2 is 2.05 bits per heavy atom. The first-order chi connectivity index (χ1) is 9.54. The summed E-state index contributed by atoms with van der Waals surface area (Å²) >= 11 is 0. The monoisotopic (exact) mass is 305 g/mol. The number of nitrogens with two attached hydrogens (primary N) is 1. The molecule has 1 aromatic rings. The Balaban J connectivity index is 2.99. The van der Waals surface area contributed by atoms with Crippen LogP contribution in [-0.4, -0.2) is 23.2 Å². The molecule has 1 atom stereocenters. The molecule has 0 aliphatic rings. The SMILES string of the molecule is CC(C)(C)OC(=O)NC(CN)c1ccncc1C(F)(F)F. The Hall–Kier alpha value is -1.83. The molecule has 0 spiro atoms. The van der Waals surface area contributed by atoms with Crippen molar-refractivity contribution in [2.24, 2.45) is 5.73 Å². The van der Waals surface area contributed by atoms with Crippen molar-refractivity contribution >= 4 is 6.09 Å². The Bertz CT molecular complexity index is 498. The fourth-order valence-corrected chi connectivity index (χ4v) is 1.66. The maximum atomic E-state index is 12.9. The van der Waals surface area contributed by atoms with Gasteiger partial charge in [0, 0.05) is 18.9 Å². The minimum Gasteiger partial charge on any atom is -0.444 e. The minimum absolute atomic E-state index is 0.147. The summed E-state index contributed by atoms with van der Waals surface area (Å²) in [4.78, 5) is 15.1. The zero-order chi connectivity index (χ0) is 16.3. The first-order valence-electron chi connectivity index (χ1n) is 6.25. The molecule has 0 bridgehead atoms. The van der Waals surface area contributed by atoms with Gasteiger partial charge in [0.1, 0.15) is 5.60 Å². The highest BCUT2D eigenvalue weighted by atomic mass is 19.4. The number of carbonyl (C=O) groups is 1. The number of hydrogen-bond donors (Lipinski definition) is 2. The number of alkyl carbamates (subject to hydrolysis) is 1. The van der Waals surface area contributed by atoms with Gasteiger partial charge in [-0.3, -0.25) is 4.98 Å². The summed E-state index contributed by atoms with van der Waals surface area (Å²) in [6.07, 6.45) is -3.49. The Kier molecular flexibility index (Phi) is 5.16. The number of nitrogens with one attached hydrogen (secondary N) is 1. The van der Waals surface area contributed by atoms with Crippen molar-refractivity contribution in [1.82, 2.24) is 10.3 Å². The van der Waals surface area contributed by atoms with Gasteiger partial charge in [-0.05, 0) is 32.4 Å². The van der Waals surface area contributed by atoms with Crippen LogP contribution < -0.4 is 11.1 Å². The molecule has 0 aromatic carbocycles. The number of aromatic nitrogens is 1. The van der Waals surface area contributed by atoms with Crippen LogP contribution >= 0.6 is 0 Å². The molecule has 1 unspecified atom stereocenters.